The molecule has 0 aliphatic carbocycles. The molecule has 0 saturated heterocycles. The van der Waals surface area contributed by atoms with Crippen LogP contribution in [0.1, 0.15) is 24.1 Å². The Morgan fingerprint density at radius 2 is 1.95 bits per heavy atom. The lowest BCUT2D eigenvalue weighted by molar-refractivity contribution is 0.387. The molecule has 0 fully saturated rings. The van der Waals surface area contributed by atoms with E-state index in [-0.39, 0.29) is 6.04 Å². The van der Waals surface area contributed by atoms with Gasteiger partial charge in [-0.25, -0.2) is 4.98 Å². The summed E-state index contributed by atoms with van der Waals surface area (Å²) >= 11 is 6.30. The van der Waals surface area contributed by atoms with Crippen molar-refractivity contribution in [2.45, 2.75) is 13.0 Å². The van der Waals surface area contributed by atoms with E-state index in [2.05, 4.69) is 17.2 Å². The van der Waals surface area contributed by atoms with Gasteiger partial charge in [-0.3, -0.25) is 0 Å². The fraction of sp³-hybridized carbons (Fsp3) is 0.267. The Morgan fingerprint density at radius 3 is 2.63 bits per heavy atom. The lowest BCUT2D eigenvalue weighted by Crippen LogP contribution is -2.23. The smallest absolute Gasteiger partial charge is 0.218 e. The number of ether oxygens (including phenoxy) is 1. The van der Waals surface area contributed by atoms with Gasteiger partial charge in [0.15, 0.2) is 0 Å². The first-order valence-corrected chi connectivity index (χ1v) is 6.62. The molecule has 1 aromatic heterocycles. The molecule has 1 N–H and O–H groups in total. The molecule has 0 aliphatic heterocycles. The maximum atomic E-state index is 6.30. The third kappa shape index (κ3) is 3.06. The zero-order valence-electron chi connectivity index (χ0n) is 11.1. The number of aromatic nitrogens is 1. The molecular weight excluding hydrogens is 260 g/mol. The molecule has 100 valence electrons. The van der Waals surface area contributed by atoms with Gasteiger partial charge in [0.05, 0.1) is 13.2 Å². The molecule has 0 spiro atoms. The van der Waals surface area contributed by atoms with Crippen LogP contribution in [-0.4, -0.2) is 18.6 Å². The van der Waals surface area contributed by atoms with Crippen LogP contribution in [0.5, 0.6) is 5.88 Å². The van der Waals surface area contributed by atoms with Crippen LogP contribution in [0.25, 0.3) is 0 Å². The van der Waals surface area contributed by atoms with Crippen LogP contribution >= 0.6 is 11.6 Å². The van der Waals surface area contributed by atoms with Crippen LogP contribution in [-0.2, 0) is 0 Å². The Bertz CT molecular complexity index is 545. The summed E-state index contributed by atoms with van der Waals surface area (Å²) in [5, 5.41) is 4.16. The van der Waals surface area contributed by atoms with Crippen molar-refractivity contribution in [3.8, 4) is 5.88 Å². The highest BCUT2D eigenvalue weighted by Gasteiger charge is 2.19. The third-order valence-corrected chi connectivity index (χ3v) is 3.27. The van der Waals surface area contributed by atoms with Gasteiger partial charge >= 0.3 is 0 Å². The lowest BCUT2D eigenvalue weighted by Gasteiger charge is -2.21. The van der Waals surface area contributed by atoms with Crippen molar-refractivity contribution in [2.24, 2.45) is 0 Å². The molecule has 0 radical (unpaired) electrons. The zero-order valence-corrected chi connectivity index (χ0v) is 11.8. The third-order valence-electron chi connectivity index (χ3n) is 2.93. The summed E-state index contributed by atoms with van der Waals surface area (Å²) in [6, 6.07) is 11.7. The number of nitrogens with zero attached hydrogens (tertiary/aromatic N) is 1. The molecule has 1 atom stereocenters. The van der Waals surface area contributed by atoms with Gasteiger partial charge in [0.25, 0.3) is 0 Å². The van der Waals surface area contributed by atoms with Crippen LogP contribution in [0.4, 0.5) is 0 Å². The van der Waals surface area contributed by atoms with E-state index in [9.17, 15) is 0 Å². The van der Waals surface area contributed by atoms with E-state index in [1.54, 1.807) is 13.3 Å². The van der Waals surface area contributed by atoms with E-state index in [0.29, 0.717) is 5.88 Å². The second kappa shape index (κ2) is 6.55. The molecule has 0 aliphatic rings. The minimum Gasteiger partial charge on any atom is -0.481 e. The molecular formula is C15H17ClN2O. The molecule has 19 heavy (non-hydrogen) atoms. The first kappa shape index (κ1) is 13.8. The predicted molar refractivity (Wildman–Crippen MR) is 77.8 cm³/mol. The molecule has 2 rings (SSSR count). The van der Waals surface area contributed by atoms with Gasteiger partial charge in [0, 0.05) is 16.8 Å². The molecule has 1 aromatic carbocycles. The number of rotatable bonds is 5. The molecule has 0 saturated carbocycles. The number of pyridine rings is 1. The van der Waals surface area contributed by atoms with E-state index < -0.39 is 0 Å². The van der Waals surface area contributed by atoms with Gasteiger partial charge in [-0.1, -0.05) is 42.8 Å². The molecule has 2 aromatic rings. The highest BCUT2D eigenvalue weighted by Crippen LogP contribution is 2.32. The van der Waals surface area contributed by atoms with Gasteiger partial charge in [0.2, 0.25) is 5.88 Å². The number of hydrogen-bond acceptors (Lipinski definition) is 3. The number of nitrogens with one attached hydrogen (secondary N) is 1. The van der Waals surface area contributed by atoms with E-state index in [4.69, 9.17) is 16.3 Å². The molecule has 1 unspecified atom stereocenters. The SMILES string of the molecule is CCNC(c1ccccc1Cl)c1cccnc1OC. The summed E-state index contributed by atoms with van der Waals surface area (Å²) < 4.78 is 5.34. The minimum absolute atomic E-state index is 0.0256. The van der Waals surface area contributed by atoms with Gasteiger partial charge in [-0.2, -0.15) is 0 Å². The largest absolute Gasteiger partial charge is 0.481 e. The van der Waals surface area contributed by atoms with E-state index in [1.165, 1.54) is 0 Å². The van der Waals surface area contributed by atoms with Crippen molar-refractivity contribution < 1.29 is 4.74 Å². The molecule has 3 nitrogen and oxygen atoms in total. The van der Waals surface area contributed by atoms with Crippen LogP contribution in [0, 0.1) is 0 Å². The Hall–Kier alpha value is -1.58. The Labute approximate surface area is 118 Å². The second-order valence-corrected chi connectivity index (χ2v) is 4.52. The van der Waals surface area contributed by atoms with E-state index in [1.807, 2.05) is 36.4 Å². The number of halogens is 1. The summed E-state index contributed by atoms with van der Waals surface area (Å²) in [5.41, 5.74) is 2.01. The first-order valence-electron chi connectivity index (χ1n) is 6.24. The molecule has 1 heterocycles. The molecule has 4 heteroatoms. The fourth-order valence-electron chi connectivity index (χ4n) is 2.09. The van der Waals surface area contributed by atoms with Gasteiger partial charge in [-0.15, -0.1) is 0 Å². The van der Waals surface area contributed by atoms with Crippen molar-refractivity contribution in [1.82, 2.24) is 10.3 Å². The molecule has 0 amide bonds. The Morgan fingerprint density at radius 1 is 1.21 bits per heavy atom. The van der Waals surface area contributed by atoms with E-state index in [0.717, 1.165) is 22.7 Å². The Balaban J connectivity index is 2.49. The van der Waals surface area contributed by atoms with Crippen LogP contribution in [0.3, 0.4) is 0 Å². The van der Waals surface area contributed by atoms with Crippen LogP contribution in [0.2, 0.25) is 5.02 Å². The number of benzene rings is 1. The molecule has 0 bridgehead atoms. The first-order chi connectivity index (χ1) is 9.27. The van der Waals surface area contributed by atoms with Crippen molar-refractivity contribution in [2.75, 3.05) is 13.7 Å². The van der Waals surface area contributed by atoms with Crippen LogP contribution in [0.15, 0.2) is 42.6 Å². The lowest BCUT2D eigenvalue weighted by atomic mass is 9.99. The van der Waals surface area contributed by atoms with Crippen molar-refractivity contribution >= 4 is 11.6 Å². The monoisotopic (exact) mass is 276 g/mol. The maximum absolute atomic E-state index is 6.30. The summed E-state index contributed by atoms with van der Waals surface area (Å²) in [6.45, 7) is 2.89. The number of methoxy groups -OCH3 is 1. The Kier molecular flexibility index (Phi) is 4.77. The quantitative estimate of drug-likeness (QED) is 0.908. The summed E-state index contributed by atoms with van der Waals surface area (Å²) in [5.74, 6) is 0.619. The highest BCUT2D eigenvalue weighted by atomic mass is 35.5. The average molecular weight is 277 g/mol. The minimum atomic E-state index is -0.0256. The van der Waals surface area contributed by atoms with Crippen molar-refractivity contribution in [1.29, 1.82) is 0 Å². The summed E-state index contributed by atoms with van der Waals surface area (Å²) in [7, 11) is 1.63. The normalized spacial score (nSPS) is 12.2. The van der Waals surface area contributed by atoms with Gasteiger partial charge in [0.1, 0.15) is 0 Å². The predicted octanol–water partition coefficient (Wildman–Crippen LogP) is 3.44. The number of hydrogen-bond donors (Lipinski definition) is 1. The second-order valence-electron chi connectivity index (χ2n) is 4.11. The van der Waals surface area contributed by atoms with Crippen LogP contribution < -0.4 is 10.1 Å². The zero-order chi connectivity index (χ0) is 13.7. The van der Waals surface area contributed by atoms with Gasteiger partial charge < -0.3 is 10.1 Å². The standard InChI is InChI=1S/C15H17ClN2O/c1-3-17-14(11-7-4-5-9-13(11)16)12-8-6-10-18-15(12)19-2/h4-10,14,17H,3H2,1-2H3. The average Bonchev–Trinajstić information content (AvgIpc) is 2.46. The summed E-state index contributed by atoms with van der Waals surface area (Å²) in [6.07, 6.45) is 1.72. The fourth-order valence-corrected chi connectivity index (χ4v) is 2.34. The van der Waals surface area contributed by atoms with Gasteiger partial charge in [-0.05, 0) is 24.2 Å². The maximum Gasteiger partial charge on any atom is 0.218 e. The van der Waals surface area contributed by atoms with Crippen molar-refractivity contribution in [3.05, 3.63) is 58.7 Å². The topological polar surface area (TPSA) is 34.2 Å². The van der Waals surface area contributed by atoms with E-state index >= 15 is 0 Å². The van der Waals surface area contributed by atoms with Crippen molar-refractivity contribution in [3.63, 3.8) is 0 Å². The highest BCUT2D eigenvalue weighted by molar-refractivity contribution is 6.31. The summed E-state index contributed by atoms with van der Waals surface area (Å²) in [4.78, 5) is 4.25.